The highest BCUT2D eigenvalue weighted by Crippen LogP contribution is 2.13. The van der Waals surface area contributed by atoms with Gasteiger partial charge in [0.25, 0.3) is 10.1 Å². The summed E-state index contributed by atoms with van der Waals surface area (Å²) in [5.41, 5.74) is 0. The molecule has 0 radical (unpaired) electrons. The van der Waals surface area contributed by atoms with Gasteiger partial charge in [-0.05, 0) is 25.2 Å². The summed E-state index contributed by atoms with van der Waals surface area (Å²) in [4.78, 5) is 0. The summed E-state index contributed by atoms with van der Waals surface area (Å²) in [6.45, 7) is -0.0632. The zero-order valence-corrected chi connectivity index (χ0v) is 8.20. The molecule has 3 N–H and O–H groups in total. The fourth-order valence-electron chi connectivity index (χ4n) is 1.11. The molecule has 0 unspecified atom stereocenters. The van der Waals surface area contributed by atoms with E-state index < -0.39 is 10.1 Å². The quantitative estimate of drug-likeness (QED) is 0.501. The summed E-state index contributed by atoms with van der Waals surface area (Å²) in [6, 6.07) is 0. The van der Waals surface area contributed by atoms with E-state index in [0.29, 0.717) is 12.8 Å². The van der Waals surface area contributed by atoms with Crippen molar-refractivity contribution in [1.82, 2.24) is 0 Å². The van der Waals surface area contributed by atoms with E-state index in [9.17, 15) is 8.42 Å². The number of aliphatic hydroxyl groups excluding tert-OH is 2. The van der Waals surface area contributed by atoms with Crippen LogP contribution in [0.2, 0.25) is 0 Å². The summed E-state index contributed by atoms with van der Waals surface area (Å²) in [6.07, 6.45) is 1.19. The monoisotopic (exact) mass is 212 g/mol. The molecule has 0 aliphatic rings. The van der Waals surface area contributed by atoms with E-state index >= 15 is 0 Å². The average Bonchev–Trinajstić information content (AvgIpc) is 2.00. The molecule has 0 amide bonds. The molecule has 0 aromatic carbocycles. The minimum absolute atomic E-state index is 0.0316. The van der Waals surface area contributed by atoms with Crippen LogP contribution in [0.15, 0.2) is 0 Å². The van der Waals surface area contributed by atoms with Gasteiger partial charge in [0.2, 0.25) is 0 Å². The lowest BCUT2D eigenvalue weighted by Gasteiger charge is -2.12. The van der Waals surface area contributed by atoms with Gasteiger partial charge in [-0.15, -0.1) is 0 Å². The van der Waals surface area contributed by atoms with Crippen molar-refractivity contribution in [3.63, 3.8) is 0 Å². The van der Waals surface area contributed by atoms with Crippen LogP contribution in [-0.2, 0) is 10.1 Å². The van der Waals surface area contributed by atoms with Gasteiger partial charge >= 0.3 is 0 Å². The van der Waals surface area contributed by atoms with E-state index in [-0.39, 0.29) is 31.3 Å². The van der Waals surface area contributed by atoms with Gasteiger partial charge in [-0.2, -0.15) is 8.42 Å². The van der Waals surface area contributed by atoms with Gasteiger partial charge in [-0.3, -0.25) is 4.55 Å². The third-order valence-electron chi connectivity index (χ3n) is 1.86. The lowest BCUT2D eigenvalue weighted by atomic mass is 10.00. The molecule has 0 aliphatic carbocycles. The third-order valence-corrected chi connectivity index (χ3v) is 2.61. The van der Waals surface area contributed by atoms with Crippen molar-refractivity contribution >= 4 is 10.1 Å². The van der Waals surface area contributed by atoms with Gasteiger partial charge in [0.1, 0.15) is 0 Å². The van der Waals surface area contributed by atoms with Crippen LogP contribution in [0.1, 0.15) is 19.3 Å². The zero-order chi connectivity index (χ0) is 10.3. The zero-order valence-electron chi connectivity index (χ0n) is 7.39. The van der Waals surface area contributed by atoms with Crippen LogP contribution in [0.3, 0.4) is 0 Å². The molecule has 80 valence electrons. The van der Waals surface area contributed by atoms with Crippen molar-refractivity contribution in [3.8, 4) is 0 Å². The third kappa shape index (κ3) is 8.17. The van der Waals surface area contributed by atoms with Gasteiger partial charge in [0.15, 0.2) is 0 Å². The number of hydrogen-bond acceptors (Lipinski definition) is 4. The van der Waals surface area contributed by atoms with E-state index in [4.69, 9.17) is 14.8 Å². The fraction of sp³-hybridized carbons (Fsp3) is 1.00. The predicted octanol–water partition coefficient (Wildman–Crippen LogP) is -0.355. The molecule has 0 aromatic heterocycles. The highest BCUT2D eigenvalue weighted by Gasteiger charge is 2.12. The molecule has 0 rings (SSSR count). The van der Waals surface area contributed by atoms with Crippen LogP contribution < -0.4 is 0 Å². The second-order valence-electron chi connectivity index (χ2n) is 2.97. The lowest BCUT2D eigenvalue weighted by molar-refractivity contribution is 0.213. The standard InChI is InChI=1S/C7H16O5S/c8-4-1-7(2-5-9)3-6-13(10,11)12/h7-9H,1-6H2,(H,10,11,12). The smallest absolute Gasteiger partial charge is 0.264 e. The first kappa shape index (κ1) is 12.8. The highest BCUT2D eigenvalue weighted by molar-refractivity contribution is 7.85. The summed E-state index contributed by atoms with van der Waals surface area (Å²) in [7, 11) is -3.92. The molecule has 0 spiro atoms. The second kappa shape index (κ2) is 6.31. The van der Waals surface area contributed by atoms with Crippen LogP contribution in [-0.4, -0.2) is 42.2 Å². The minimum atomic E-state index is -3.92. The molecule has 0 aromatic rings. The molecule has 0 aliphatic heterocycles. The molecular weight excluding hydrogens is 196 g/mol. The van der Waals surface area contributed by atoms with E-state index in [2.05, 4.69) is 0 Å². The first-order chi connectivity index (χ1) is 5.99. The van der Waals surface area contributed by atoms with Gasteiger partial charge < -0.3 is 10.2 Å². The molecule has 0 fully saturated rings. The van der Waals surface area contributed by atoms with Crippen LogP contribution in [0.5, 0.6) is 0 Å². The molecule has 6 heteroatoms. The Labute approximate surface area is 78.1 Å². The van der Waals surface area contributed by atoms with Crippen LogP contribution in [0.4, 0.5) is 0 Å². The fourth-order valence-corrected chi connectivity index (χ4v) is 1.74. The molecule has 13 heavy (non-hydrogen) atoms. The van der Waals surface area contributed by atoms with Crippen LogP contribution in [0.25, 0.3) is 0 Å². The van der Waals surface area contributed by atoms with Crippen LogP contribution >= 0.6 is 0 Å². The molecule has 0 bridgehead atoms. The van der Waals surface area contributed by atoms with Crippen molar-refractivity contribution in [1.29, 1.82) is 0 Å². The minimum Gasteiger partial charge on any atom is -0.396 e. The Bertz CT molecular complexity index is 205. The second-order valence-corrected chi connectivity index (χ2v) is 4.54. The van der Waals surface area contributed by atoms with Gasteiger partial charge in [-0.25, -0.2) is 0 Å². The van der Waals surface area contributed by atoms with E-state index in [1.165, 1.54) is 0 Å². The summed E-state index contributed by atoms with van der Waals surface area (Å²) < 4.78 is 29.2. The Morgan fingerprint density at radius 1 is 1.00 bits per heavy atom. The van der Waals surface area contributed by atoms with Crippen molar-refractivity contribution in [2.45, 2.75) is 19.3 Å². The van der Waals surface area contributed by atoms with Crippen molar-refractivity contribution in [2.24, 2.45) is 5.92 Å². The van der Waals surface area contributed by atoms with Crippen molar-refractivity contribution < 1.29 is 23.2 Å². The maximum atomic E-state index is 10.4. The number of rotatable bonds is 7. The van der Waals surface area contributed by atoms with E-state index in [0.717, 1.165) is 0 Å². The van der Waals surface area contributed by atoms with Crippen LogP contribution in [0, 0.1) is 5.92 Å². The molecular formula is C7H16O5S. The average molecular weight is 212 g/mol. The summed E-state index contributed by atoms with van der Waals surface area (Å²) >= 11 is 0. The Morgan fingerprint density at radius 3 is 1.77 bits per heavy atom. The number of hydrogen-bond donors (Lipinski definition) is 3. The Kier molecular flexibility index (Phi) is 6.23. The Morgan fingerprint density at radius 2 is 1.46 bits per heavy atom. The molecule has 0 atom stereocenters. The van der Waals surface area contributed by atoms with Crippen molar-refractivity contribution in [2.75, 3.05) is 19.0 Å². The SMILES string of the molecule is O=S(=O)(O)CCC(CCO)CCO. The van der Waals surface area contributed by atoms with Gasteiger partial charge in [-0.1, -0.05) is 0 Å². The molecule has 5 nitrogen and oxygen atoms in total. The van der Waals surface area contributed by atoms with Crippen molar-refractivity contribution in [3.05, 3.63) is 0 Å². The number of aliphatic hydroxyl groups is 2. The first-order valence-electron chi connectivity index (χ1n) is 4.16. The predicted molar refractivity (Wildman–Crippen MR) is 47.9 cm³/mol. The molecule has 0 saturated heterocycles. The van der Waals surface area contributed by atoms with E-state index in [1.807, 2.05) is 0 Å². The van der Waals surface area contributed by atoms with Gasteiger partial charge in [0, 0.05) is 13.2 Å². The maximum Gasteiger partial charge on any atom is 0.264 e. The topological polar surface area (TPSA) is 94.8 Å². The maximum absolute atomic E-state index is 10.4. The lowest BCUT2D eigenvalue weighted by Crippen LogP contribution is -2.12. The summed E-state index contributed by atoms with van der Waals surface area (Å²) in [5.74, 6) is -0.352. The summed E-state index contributed by atoms with van der Waals surface area (Å²) in [5, 5.41) is 17.2. The molecule has 0 saturated carbocycles. The highest BCUT2D eigenvalue weighted by atomic mass is 32.2. The first-order valence-corrected chi connectivity index (χ1v) is 5.77. The Hall–Kier alpha value is -0.170. The normalized spacial score (nSPS) is 12.3. The largest absolute Gasteiger partial charge is 0.396 e. The van der Waals surface area contributed by atoms with Gasteiger partial charge in [0.05, 0.1) is 5.75 Å². The Balaban J connectivity index is 3.81. The molecule has 0 heterocycles. The van der Waals surface area contributed by atoms with E-state index in [1.54, 1.807) is 0 Å².